The van der Waals surface area contributed by atoms with Crippen molar-refractivity contribution in [1.82, 2.24) is 5.32 Å². The fourth-order valence-electron chi connectivity index (χ4n) is 3.96. The quantitative estimate of drug-likeness (QED) is 0.586. The Morgan fingerprint density at radius 2 is 1.83 bits per heavy atom. The van der Waals surface area contributed by atoms with E-state index in [4.69, 9.17) is 23.2 Å². The SMILES string of the molecule is Cc1c(Cl)cccc1N(C(=O)CCl)[C@@H](C(=O)NC1CCCCC1)c1ccccc1F. The Kier molecular flexibility index (Phi) is 7.73. The number of nitrogens with zero attached hydrogens (tertiary/aromatic N) is 1. The summed E-state index contributed by atoms with van der Waals surface area (Å²) in [5, 5.41) is 3.48. The lowest BCUT2D eigenvalue weighted by molar-refractivity contribution is -0.126. The molecule has 1 aliphatic rings. The van der Waals surface area contributed by atoms with Crippen LogP contribution in [0.15, 0.2) is 42.5 Å². The fraction of sp³-hybridized carbons (Fsp3) is 0.391. The molecule has 1 N–H and O–H groups in total. The van der Waals surface area contributed by atoms with Crippen molar-refractivity contribution in [2.75, 3.05) is 10.8 Å². The number of amides is 2. The van der Waals surface area contributed by atoms with Crippen molar-refractivity contribution >= 4 is 40.7 Å². The van der Waals surface area contributed by atoms with Crippen molar-refractivity contribution in [3.8, 4) is 0 Å². The predicted octanol–water partition coefficient (Wildman–Crippen LogP) is 5.55. The van der Waals surface area contributed by atoms with Crippen LogP contribution < -0.4 is 10.2 Å². The Balaban J connectivity index is 2.09. The molecule has 1 aliphatic carbocycles. The number of alkyl halides is 1. The highest BCUT2D eigenvalue weighted by Gasteiger charge is 2.36. The van der Waals surface area contributed by atoms with Gasteiger partial charge in [0.1, 0.15) is 17.7 Å². The maximum Gasteiger partial charge on any atom is 0.248 e. The van der Waals surface area contributed by atoms with Crippen LogP contribution in [0.5, 0.6) is 0 Å². The molecule has 2 aromatic rings. The van der Waals surface area contributed by atoms with Crippen molar-refractivity contribution in [3.05, 3.63) is 64.4 Å². The molecule has 160 valence electrons. The molecule has 3 rings (SSSR count). The summed E-state index contributed by atoms with van der Waals surface area (Å²) >= 11 is 12.2. The van der Waals surface area contributed by atoms with Crippen LogP contribution in [0.3, 0.4) is 0 Å². The molecule has 0 aliphatic heterocycles. The van der Waals surface area contributed by atoms with Gasteiger partial charge >= 0.3 is 0 Å². The van der Waals surface area contributed by atoms with Crippen LogP contribution in [0, 0.1) is 12.7 Å². The molecule has 7 heteroatoms. The van der Waals surface area contributed by atoms with Crippen molar-refractivity contribution in [2.45, 2.75) is 51.1 Å². The van der Waals surface area contributed by atoms with Crippen molar-refractivity contribution in [2.24, 2.45) is 0 Å². The number of rotatable bonds is 6. The first-order valence-corrected chi connectivity index (χ1v) is 11.0. The van der Waals surface area contributed by atoms with Gasteiger partial charge in [0, 0.05) is 22.3 Å². The van der Waals surface area contributed by atoms with E-state index in [1.807, 2.05) is 0 Å². The summed E-state index contributed by atoms with van der Waals surface area (Å²) < 4.78 is 14.8. The smallest absolute Gasteiger partial charge is 0.248 e. The Bertz CT molecular complexity index is 916. The van der Waals surface area contributed by atoms with Crippen molar-refractivity contribution in [3.63, 3.8) is 0 Å². The highest BCUT2D eigenvalue weighted by Crippen LogP contribution is 2.35. The molecule has 4 nitrogen and oxygen atoms in total. The second-order valence-corrected chi connectivity index (χ2v) is 8.22. The summed E-state index contributed by atoms with van der Waals surface area (Å²) in [6, 6.07) is 9.89. The molecule has 0 aromatic heterocycles. The minimum atomic E-state index is -1.20. The summed E-state index contributed by atoms with van der Waals surface area (Å²) in [5.74, 6) is -1.85. The Hall–Kier alpha value is -2.11. The third kappa shape index (κ3) is 4.96. The van der Waals surface area contributed by atoms with Crippen LogP contribution in [-0.4, -0.2) is 23.7 Å². The predicted molar refractivity (Wildman–Crippen MR) is 119 cm³/mol. The summed E-state index contributed by atoms with van der Waals surface area (Å²) in [7, 11) is 0. The van der Waals surface area contributed by atoms with E-state index in [0.29, 0.717) is 16.3 Å². The molecule has 0 saturated heterocycles. The monoisotopic (exact) mass is 450 g/mol. The average molecular weight is 451 g/mol. The van der Waals surface area contributed by atoms with E-state index in [1.165, 1.54) is 17.0 Å². The zero-order chi connectivity index (χ0) is 21.7. The number of hydrogen-bond donors (Lipinski definition) is 1. The van der Waals surface area contributed by atoms with E-state index in [-0.39, 0.29) is 17.5 Å². The second kappa shape index (κ2) is 10.3. The van der Waals surface area contributed by atoms with Gasteiger partial charge in [-0.15, -0.1) is 11.6 Å². The van der Waals surface area contributed by atoms with E-state index in [9.17, 15) is 14.0 Å². The normalized spacial score (nSPS) is 15.5. The zero-order valence-corrected chi connectivity index (χ0v) is 18.3. The lowest BCUT2D eigenvalue weighted by Gasteiger charge is -2.34. The summed E-state index contributed by atoms with van der Waals surface area (Å²) in [4.78, 5) is 27.7. The molecule has 0 spiro atoms. The average Bonchev–Trinajstić information content (AvgIpc) is 2.75. The number of carbonyl (C=O) groups is 2. The van der Waals surface area contributed by atoms with Gasteiger partial charge in [0.05, 0.1) is 0 Å². The van der Waals surface area contributed by atoms with Gasteiger partial charge in [-0.25, -0.2) is 4.39 Å². The van der Waals surface area contributed by atoms with Gasteiger partial charge in [-0.05, 0) is 43.5 Å². The first-order valence-electron chi connectivity index (χ1n) is 10.1. The minimum absolute atomic E-state index is 0.00827. The number of carbonyl (C=O) groups excluding carboxylic acids is 2. The van der Waals surface area contributed by atoms with Crippen LogP contribution in [0.2, 0.25) is 5.02 Å². The number of halogens is 3. The minimum Gasteiger partial charge on any atom is -0.351 e. The van der Waals surface area contributed by atoms with E-state index in [2.05, 4.69) is 5.32 Å². The molecular formula is C23H25Cl2FN2O2. The fourth-order valence-corrected chi connectivity index (χ4v) is 4.26. The molecule has 1 fully saturated rings. The van der Waals surface area contributed by atoms with Crippen molar-refractivity contribution < 1.29 is 14.0 Å². The van der Waals surface area contributed by atoms with Gasteiger partial charge in [-0.1, -0.05) is 55.1 Å². The topological polar surface area (TPSA) is 49.4 Å². The number of anilines is 1. The van der Waals surface area contributed by atoms with E-state index in [0.717, 1.165) is 32.1 Å². The van der Waals surface area contributed by atoms with Crippen LogP contribution in [0.25, 0.3) is 0 Å². The van der Waals surface area contributed by atoms with Gasteiger partial charge in [0.25, 0.3) is 0 Å². The van der Waals surface area contributed by atoms with E-state index < -0.39 is 23.7 Å². The van der Waals surface area contributed by atoms with Crippen LogP contribution in [-0.2, 0) is 9.59 Å². The second-order valence-electron chi connectivity index (χ2n) is 7.55. The van der Waals surface area contributed by atoms with Gasteiger partial charge < -0.3 is 5.32 Å². The maximum atomic E-state index is 14.8. The molecule has 0 heterocycles. The maximum absolute atomic E-state index is 14.8. The highest BCUT2D eigenvalue weighted by atomic mass is 35.5. The Labute approximate surface area is 186 Å². The lowest BCUT2D eigenvalue weighted by atomic mass is 9.94. The van der Waals surface area contributed by atoms with E-state index in [1.54, 1.807) is 37.3 Å². The number of nitrogens with one attached hydrogen (secondary N) is 1. The van der Waals surface area contributed by atoms with Crippen LogP contribution in [0.1, 0.15) is 49.3 Å². The number of hydrogen-bond acceptors (Lipinski definition) is 2. The summed E-state index contributed by atoms with van der Waals surface area (Å²) in [6.45, 7) is 1.75. The molecular weight excluding hydrogens is 426 g/mol. The molecule has 0 unspecified atom stereocenters. The molecule has 1 saturated carbocycles. The van der Waals surface area contributed by atoms with Crippen molar-refractivity contribution in [1.29, 1.82) is 0 Å². The van der Waals surface area contributed by atoms with Gasteiger partial charge in [-0.3, -0.25) is 14.5 Å². The third-order valence-electron chi connectivity index (χ3n) is 5.54. The molecule has 2 aromatic carbocycles. The van der Waals surface area contributed by atoms with Crippen LogP contribution >= 0.6 is 23.2 Å². The highest BCUT2D eigenvalue weighted by molar-refractivity contribution is 6.32. The summed E-state index contributed by atoms with van der Waals surface area (Å²) in [6.07, 6.45) is 4.95. The Morgan fingerprint density at radius 1 is 1.13 bits per heavy atom. The van der Waals surface area contributed by atoms with E-state index >= 15 is 0 Å². The zero-order valence-electron chi connectivity index (χ0n) is 16.8. The van der Waals surface area contributed by atoms with Gasteiger partial charge in [0.2, 0.25) is 11.8 Å². The standard InChI is InChI=1S/C23H25Cl2FN2O2/c1-15-18(25)11-7-13-20(15)28(21(29)14-24)22(17-10-5-6-12-19(17)26)23(30)27-16-8-3-2-4-9-16/h5-7,10-13,16,22H,2-4,8-9,14H2,1H3,(H,27,30)/t22-/m1/s1. The molecule has 30 heavy (non-hydrogen) atoms. The first kappa shape index (κ1) is 22.6. The Morgan fingerprint density at radius 3 is 2.50 bits per heavy atom. The van der Waals surface area contributed by atoms with Gasteiger partial charge in [0.15, 0.2) is 0 Å². The summed E-state index contributed by atoms with van der Waals surface area (Å²) in [5.41, 5.74) is 1.16. The lowest BCUT2D eigenvalue weighted by Crippen LogP contribution is -2.48. The molecule has 0 bridgehead atoms. The third-order valence-corrected chi connectivity index (χ3v) is 6.18. The largest absolute Gasteiger partial charge is 0.351 e. The molecule has 1 atom stereocenters. The molecule has 2 amide bonds. The molecule has 0 radical (unpaired) electrons. The number of benzene rings is 2. The first-order chi connectivity index (χ1) is 14.4. The van der Waals surface area contributed by atoms with Crippen LogP contribution in [0.4, 0.5) is 10.1 Å². The van der Waals surface area contributed by atoms with Gasteiger partial charge in [-0.2, -0.15) is 0 Å².